The lowest BCUT2D eigenvalue weighted by Crippen LogP contribution is -2.21. The number of nitrogens with zero attached hydrogens (tertiary/aromatic N) is 2. The van der Waals surface area contributed by atoms with Crippen LogP contribution in [0.4, 0.5) is 5.69 Å². The molecule has 0 fully saturated rings. The van der Waals surface area contributed by atoms with Crippen molar-refractivity contribution in [2.24, 2.45) is 0 Å². The number of carbonyl (C=O) groups is 1. The molecule has 1 N–H and O–H groups in total. The molecule has 5 heteroatoms. The second-order valence-corrected chi connectivity index (χ2v) is 5.52. The molecule has 0 aliphatic carbocycles. The molecule has 1 amide bonds. The summed E-state index contributed by atoms with van der Waals surface area (Å²) in [6, 6.07) is 5.72. The van der Waals surface area contributed by atoms with Gasteiger partial charge in [0.25, 0.3) is 5.91 Å². The first-order chi connectivity index (χ1) is 9.08. The normalized spacial score (nSPS) is 10.3. The average Bonchev–Trinajstić information content (AvgIpc) is 2.90. The third-order valence-electron chi connectivity index (χ3n) is 2.83. The molecule has 0 aliphatic rings. The van der Waals surface area contributed by atoms with Crippen LogP contribution in [0.5, 0.6) is 0 Å². The Morgan fingerprint density at radius 1 is 1.42 bits per heavy atom. The number of thiazole rings is 1. The highest BCUT2D eigenvalue weighted by Gasteiger charge is 2.09. The lowest BCUT2D eigenvalue weighted by atomic mass is 10.1. The molecule has 2 aromatic rings. The molecule has 0 unspecified atom stereocenters. The van der Waals surface area contributed by atoms with Crippen molar-refractivity contribution in [1.29, 1.82) is 0 Å². The quantitative estimate of drug-likeness (QED) is 0.933. The first-order valence-corrected chi connectivity index (χ1v) is 6.89. The summed E-state index contributed by atoms with van der Waals surface area (Å²) in [4.78, 5) is 18.7. The molecular weight excluding hydrogens is 258 g/mol. The van der Waals surface area contributed by atoms with Gasteiger partial charge in [0.15, 0.2) is 0 Å². The van der Waals surface area contributed by atoms with E-state index in [2.05, 4.69) is 10.3 Å². The van der Waals surface area contributed by atoms with Crippen LogP contribution in [0.3, 0.4) is 0 Å². The van der Waals surface area contributed by atoms with Gasteiger partial charge in [0.05, 0.1) is 12.1 Å². The van der Waals surface area contributed by atoms with Gasteiger partial charge < -0.3 is 10.2 Å². The van der Waals surface area contributed by atoms with Crippen LogP contribution in [-0.4, -0.2) is 29.9 Å². The molecule has 19 heavy (non-hydrogen) atoms. The van der Waals surface area contributed by atoms with E-state index in [4.69, 9.17) is 0 Å². The Morgan fingerprint density at radius 2 is 2.21 bits per heavy atom. The minimum Gasteiger partial charge on any atom is -0.380 e. The van der Waals surface area contributed by atoms with E-state index in [1.165, 1.54) is 4.88 Å². The largest absolute Gasteiger partial charge is 0.380 e. The summed E-state index contributed by atoms with van der Waals surface area (Å²) in [7, 11) is 3.51. The van der Waals surface area contributed by atoms with Crippen molar-refractivity contribution in [2.75, 3.05) is 19.4 Å². The van der Waals surface area contributed by atoms with Gasteiger partial charge in [-0.25, -0.2) is 0 Å². The number of amides is 1. The smallest absolute Gasteiger partial charge is 0.253 e. The maximum atomic E-state index is 11.9. The van der Waals surface area contributed by atoms with Crippen molar-refractivity contribution >= 4 is 22.9 Å². The van der Waals surface area contributed by atoms with Crippen LogP contribution >= 0.6 is 11.3 Å². The number of carbonyl (C=O) groups excluding carboxylic acids is 1. The molecule has 0 aliphatic heterocycles. The van der Waals surface area contributed by atoms with E-state index >= 15 is 0 Å². The number of nitrogens with one attached hydrogen (secondary N) is 1. The van der Waals surface area contributed by atoms with E-state index in [9.17, 15) is 4.79 Å². The third-order valence-corrected chi connectivity index (χ3v) is 3.61. The van der Waals surface area contributed by atoms with Gasteiger partial charge >= 0.3 is 0 Å². The van der Waals surface area contributed by atoms with Crippen LogP contribution < -0.4 is 5.32 Å². The van der Waals surface area contributed by atoms with Gasteiger partial charge in [-0.1, -0.05) is 6.07 Å². The molecule has 4 nitrogen and oxygen atoms in total. The van der Waals surface area contributed by atoms with Crippen LogP contribution in [0.15, 0.2) is 29.9 Å². The molecule has 1 aromatic heterocycles. The van der Waals surface area contributed by atoms with Gasteiger partial charge in [0.2, 0.25) is 0 Å². The van der Waals surface area contributed by atoms with E-state index in [-0.39, 0.29) is 5.91 Å². The molecule has 0 atom stereocenters. The predicted octanol–water partition coefficient (Wildman–Crippen LogP) is 2.77. The Morgan fingerprint density at radius 3 is 2.84 bits per heavy atom. The maximum Gasteiger partial charge on any atom is 0.253 e. The van der Waals surface area contributed by atoms with Crippen LogP contribution in [0.2, 0.25) is 0 Å². The molecule has 0 bridgehead atoms. The van der Waals surface area contributed by atoms with Gasteiger partial charge in [-0.3, -0.25) is 9.78 Å². The Bertz CT molecular complexity index is 564. The number of anilines is 1. The fourth-order valence-electron chi connectivity index (χ4n) is 1.72. The van der Waals surface area contributed by atoms with Crippen LogP contribution in [0.1, 0.15) is 20.8 Å². The summed E-state index contributed by atoms with van der Waals surface area (Å²) in [5, 5.41) is 3.35. The molecule has 0 spiro atoms. The summed E-state index contributed by atoms with van der Waals surface area (Å²) in [6.07, 6.45) is 1.85. The average molecular weight is 275 g/mol. The van der Waals surface area contributed by atoms with Crippen molar-refractivity contribution in [3.05, 3.63) is 45.9 Å². The monoisotopic (exact) mass is 275 g/mol. The zero-order chi connectivity index (χ0) is 13.8. The maximum absolute atomic E-state index is 11.9. The molecule has 1 heterocycles. The first kappa shape index (κ1) is 13.5. The predicted molar refractivity (Wildman–Crippen MR) is 78.6 cm³/mol. The second-order valence-electron chi connectivity index (χ2n) is 4.55. The minimum absolute atomic E-state index is 0.0147. The highest BCUT2D eigenvalue weighted by molar-refractivity contribution is 7.09. The number of rotatable bonds is 4. The van der Waals surface area contributed by atoms with E-state index in [0.29, 0.717) is 5.56 Å². The lowest BCUT2D eigenvalue weighted by Gasteiger charge is -2.13. The first-order valence-electron chi connectivity index (χ1n) is 6.01. The van der Waals surface area contributed by atoms with E-state index in [1.807, 2.05) is 36.8 Å². The molecule has 1 aromatic carbocycles. The lowest BCUT2D eigenvalue weighted by molar-refractivity contribution is 0.0827. The molecule has 100 valence electrons. The van der Waals surface area contributed by atoms with Crippen molar-refractivity contribution < 1.29 is 4.79 Å². The topological polar surface area (TPSA) is 45.2 Å². The summed E-state index contributed by atoms with van der Waals surface area (Å²) >= 11 is 1.61. The highest BCUT2D eigenvalue weighted by Crippen LogP contribution is 2.19. The fourth-order valence-corrected chi connectivity index (χ4v) is 2.25. The molecule has 0 saturated heterocycles. The fraction of sp³-hybridized carbons (Fsp3) is 0.286. The Hall–Kier alpha value is -1.88. The van der Waals surface area contributed by atoms with Crippen LogP contribution in [-0.2, 0) is 6.54 Å². The number of aromatic nitrogens is 1. The minimum atomic E-state index is 0.0147. The molecule has 2 rings (SSSR count). The second kappa shape index (κ2) is 5.84. The van der Waals surface area contributed by atoms with Gasteiger partial charge in [-0.2, -0.15) is 0 Å². The number of hydrogen-bond acceptors (Lipinski definition) is 4. The van der Waals surface area contributed by atoms with Crippen molar-refractivity contribution in [1.82, 2.24) is 9.88 Å². The summed E-state index contributed by atoms with van der Waals surface area (Å²) in [5.74, 6) is 0.0147. The zero-order valence-electron chi connectivity index (χ0n) is 11.3. The van der Waals surface area contributed by atoms with Gasteiger partial charge in [0.1, 0.15) is 0 Å². The SMILES string of the molecule is Cc1ccc(C(=O)N(C)C)cc1NCc1cncs1. The Balaban J connectivity index is 2.15. The number of benzene rings is 1. The molecular formula is C14H17N3OS. The van der Waals surface area contributed by atoms with Crippen LogP contribution in [0.25, 0.3) is 0 Å². The van der Waals surface area contributed by atoms with Gasteiger partial charge in [-0.15, -0.1) is 11.3 Å². The van der Waals surface area contributed by atoms with Crippen LogP contribution in [0, 0.1) is 6.92 Å². The van der Waals surface area contributed by atoms with Crippen molar-refractivity contribution in [3.8, 4) is 0 Å². The zero-order valence-corrected chi connectivity index (χ0v) is 12.1. The standard InChI is InChI=1S/C14H17N3OS/c1-10-4-5-11(14(18)17(2)3)6-13(10)16-8-12-7-15-9-19-12/h4-7,9,16H,8H2,1-3H3. The van der Waals surface area contributed by atoms with Gasteiger partial charge in [0, 0.05) is 36.4 Å². The summed E-state index contributed by atoms with van der Waals surface area (Å²) < 4.78 is 0. The van der Waals surface area contributed by atoms with Gasteiger partial charge in [-0.05, 0) is 24.6 Å². The third kappa shape index (κ3) is 3.32. The van der Waals surface area contributed by atoms with Crippen molar-refractivity contribution in [2.45, 2.75) is 13.5 Å². The summed E-state index contributed by atoms with van der Waals surface area (Å²) in [6.45, 7) is 2.75. The number of hydrogen-bond donors (Lipinski definition) is 1. The molecule has 0 saturated carbocycles. The van der Waals surface area contributed by atoms with E-state index < -0.39 is 0 Å². The molecule has 0 radical (unpaired) electrons. The highest BCUT2D eigenvalue weighted by atomic mass is 32.1. The van der Waals surface area contributed by atoms with Crippen molar-refractivity contribution in [3.63, 3.8) is 0 Å². The number of aryl methyl sites for hydroxylation is 1. The van der Waals surface area contributed by atoms with E-state index in [1.54, 1.807) is 30.3 Å². The summed E-state index contributed by atoms with van der Waals surface area (Å²) in [5.41, 5.74) is 4.62. The Labute approximate surface area is 117 Å². The van der Waals surface area contributed by atoms with E-state index in [0.717, 1.165) is 17.8 Å². The Kier molecular flexibility index (Phi) is 4.16.